The minimum Gasteiger partial charge on any atom is -0.480 e. The second kappa shape index (κ2) is 7.28. The average Bonchev–Trinajstić information content (AvgIpc) is 2.23. The van der Waals surface area contributed by atoms with E-state index in [9.17, 15) is 27.6 Å². The second-order valence-corrected chi connectivity index (χ2v) is 5.51. The van der Waals surface area contributed by atoms with Crippen molar-refractivity contribution in [1.29, 1.82) is 0 Å². The number of hydrogen-bond donors (Lipinski definition) is 2. The van der Waals surface area contributed by atoms with E-state index in [1.54, 1.807) is 20.8 Å². The van der Waals surface area contributed by atoms with Gasteiger partial charge in [-0.25, -0.2) is 0 Å². The van der Waals surface area contributed by atoms with Crippen molar-refractivity contribution < 1.29 is 32.7 Å². The van der Waals surface area contributed by atoms with Crippen LogP contribution in [0, 0.1) is 5.41 Å². The molecule has 0 aromatic rings. The summed E-state index contributed by atoms with van der Waals surface area (Å²) in [6.45, 7) is 2.11. The highest BCUT2D eigenvalue weighted by atomic mass is 19.4. The Labute approximate surface area is 120 Å². The summed E-state index contributed by atoms with van der Waals surface area (Å²) >= 11 is 0. The van der Waals surface area contributed by atoms with Gasteiger partial charge in [0.1, 0.15) is 13.1 Å². The number of rotatable bonds is 6. The van der Waals surface area contributed by atoms with Crippen LogP contribution in [0.15, 0.2) is 0 Å². The fourth-order valence-corrected chi connectivity index (χ4v) is 1.32. The van der Waals surface area contributed by atoms with E-state index >= 15 is 0 Å². The standard InChI is InChI=1S/C12H19F3N2O4/c1-11(2,3)10(21)16-5-4-8(18)17(6-9(19)20)7-12(13,14)15/h4-7H2,1-3H3,(H,16,21)(H,19,20). The van der Waals surface area contributed by atoms with Gasteiger partial charge in [-0.1, -0.05) is 20.8 Å². The van der Waals surface area contributed by atoms with Crippen LogP contribution >= 0.6 is 0 Å². The summed E-state index contributed by atoms with van der Waals surface area (Å²) in [5.41, 5.74) is -0.685. The zero-order chi connectivity index (χ0) is 16.8. The summed E-state index contributed by atoms with van der Waals surface area (Å²) in [4.78, 5) is 33.8. The molecule has 0 saturated carbocycles. The van der Waals surface area contributed by atoms with E-state index in [1.165, 1.54) is 0 Å². The lowest BCUT2D eigenvalue weighted by Gasteiger charge is -2.23. The molecule has 0 radical (unpaired) electrons. The molecule has 122 valence electrons. The van der Waals surface area contributed by atoms with E-state index in [-0.39, 0.29) is 17.4 Å². The molecule has 0 saturated heterocycles. The number of carbonyl (C=O) groups is 3. The first-order chi connectivity index (χ1) is 9.33. The molecule has 0 aliphatic heterocycles. The molecule has 0 spiro atoms. The largest absolute Gasteiger partial charge is 0.480 e. The smallest absolute Gasteiger partial charge is 0.406 e. The van der Waals surface area contributed by atoms with Crippen molar-refractivity contribution in [1.82, 2.24) is 10.2 Å². The van der Waals surface area contributed by atoms with Crippen LogP contribution in [0.3, 0.4) is 0 Å². The molecule has 0 rings (SSSR count). The van der Waals surface area contributed by atoms with E-state index in [4.69, 9.17) is 5.11 Å². The number of nitrogens with zero attached hydrogens (tertiary/aromatic N) is 1. The van der Waals surface area contributed by atoms with Gasteiger partial charge < -0.3 is 15.3 Å². The normalized spacial score (nSPS) is 11.9. The first-order valence-corrected chi connectivity index (χ1v) is 6.17. The van der Waals surface area contributed by atoms with Crippen LogP contribution in [-0.2, 0) is 14.4 Å². The number of nitrogens with one attached hydrogen (secondary N) is 1. The Bertz CT molecular complexity index is 402. The number of aliphatic carboxylic acids is 1. The number of carbonyl (C=O) groups excluding carboxylic acids is 2. The topological polar surface area (TPSA) is 86.7 Å². The maximum atomic E-state index is 12.3. The Hall–Kier alpha value is -1.80. The van der Waals surface area contributed by atoms with Crippen LogP contribution in [0.2, 0.25) is 0 Å². The molecule has 21 heavy (non-hydrogen) atoms. The fraction of sp³-hybridized carbons (Fsp3) is 0.750. The summed E-state index contributed by atoms with van der Waals surface area (Å²) < 4.78 is 36.8. The molecule has 2 N–H and O–H groups in total. The van der Waals surface area contributed by atoms with Gasteiger partial charge in [-0.2, -0.15) is 13.2 Å². The number of alkyl halides is 3. The van der Waals surface area contributed by atoms with Crippen molar-refractivity contribution in [3.8, 4) is 0 Å². The Morgan fingerprint density at radius 1 is 1.14 bits per heavy atom. The SMILES string of the molecule is CC(C)(C)C(=O)NCCC(=O)N(CC(=O)O)CC(F)(F)F. The number of carboxylic acid groups (broad SMARTS) is 1. The van der Waals surface area contributed by atoms with E-state index in [0.717, 1.165) is 0 Å². The van der Waals surface area contributed by atoms with E-state index in [2.05, 4.69) is 5.32 Å². The molecule has 0 atom stereocenters. The first-order valence-electron chi connectivity index (χ1n) is 6.17. The highest BCUT2D eigenvalue weighted by molar-refractivity contribution is 5.83. The number of amides is 2. The van der Waals surface area contributed by atoms with Gasteiger partial charge in [-0.05, 0) is 0 Å². The molecule has 9 heteroatoms. The van der Waals surface area contributed by atoms with Crippen LogP contribution in [0.5, 0.6) is 0 Å². The third kappa shape index (κ3) is 8.87. The highest BCUT2D eigenvalue weighted by Gasteiger charge is 2.33. The summed E-state index contributed by atoms with van der Waals surface area (Å²) in [5, 5.41) is 10.9. The van der Waals surface area contributed by atoms with Crippen LogP contribution in [0.4, 0.5) is 13.2 Å². The zero-order valence-electron chi connectivity index (χ0n) is 12.1. The number of hydrogen-bond acceptors (Lipinski definition) is 3. The van der Waals surface area contributed by atoms with Gasteiger partial charge in [0, 0.05) is 18.4 Å². The van der Waals surface area contributed by atoms with Crippen LogP contribution in [-0.4, -0.2) is 53.6 Å². The van der Waals surface area contributed by atoms with Crippen molar-refractivity contribution in [2.24, 2.45) is 5.41 Å². The van der Waals surface area contributed by atoms with Crippen molar-refractivity contribution in [2.45, 2.75) is 33.4 Å². The lowest BCUT2D eigenvalue weighted by molar-refractivity contribution is -0.165. The summed E-state index contributed by atoms with van der Waals surface area (Å²) in [6.07, 6.45) is -5.08. The highest BCUT2D eigenvalue weighted by Crippen LogP contribution is 2.17. The number of carboxylic acids is 1. The Morgan fingerprint density at radius 2 is 1.67 bits per heavy atom. The molecule has 0 bridgehead atoms. The van der Waals surface area contributed by atoms with Gasteiger partial charge in [-0.3, -0.25) is 14.4 Å². The van der Waals surface area contributed by atoms with Crippen LogP contribution < -0.4 is 5.32 Å². The molecule has 0 aliphatic carbocycles. The van der Waals surface area contributed by atoms with Crippen molar-refractivity contribution in [3.05, 3.63) is 0 Å². The molecule has 0 aromatic heterocycles. The quantitative estimate of drug-likeness (QED) is 0.766. The maximum absolute atomic E-state index is 12.3. The first kappa shape index (κ1) is 19.2. The van der Waals surface area contributed by atoms with Gasteiger partial charge >= 0.3 is 12.1 Å². The summed E-state index contributed by atoms with van der Waals surface area (Å²) in [6, 6.07) is 0. The summed E-state index contributed by atoms with van der Waals surface area (Å²) in [7, 11) is 0. The Morgan fingerprint density at radius 3 is 2.05 bits per heavy atom. The van der Waals surface area contributed by atoms with Crippen LogP contribution in [0.1, 0.15) is 27.2 Å². The molecule has 6 nitrogen and oxygen atoms in total. The Kier molecular flexibility index (Phi) is 6.65. The molecular formula is C12H19F3N2O4. The lowest BCUT2D eigenvalue weighted by Crippen LogP contribution is -2.43. The predicted octanol–water partition coefficient (Wildman–Crippen LogP) is 1.01. The van der Waals surface area contributed by atoms with Gasteiger partial charge in [0.05, 0.1) is 0 Å². The minimum atomic E-state index is -4.68. The van der Waals surface area contributed by atoms with Crippen molar-refractivity contribution >= 4 is 17.8 Å². The number of halogens is 3. The molecule has 0 unspecified atom stereocenters. The molecule has 2 amide bonds. The monoisotopic (exact) mass is 312 g/mol. The average molecular weight is 312 g/mol. The summed E-state index contributed by atoms with van der Waals surface area (Å²) in [5.74, 6) is -2.87. The second-order valence-electron chi connectivity index (χ2n) is 5.51. The van der Waals surface area contributed by atoms with Gasteiger partial charge in [0.2, 0.25) is 11.8 Å². The lowest BCUT2D eigenvalue weighted by atomic mass is 9.96. The molecular weight excluding hydrogens is 293 g/mol. The zero-order valence-corrected chi connectivity index (χ0v) is 12.1. The third-order valence-corrected chi connectivity index (χ3v) is 2.35. The van der Waals surface area contributed by atoms with E-state index < -0.39 is 43.0 Å². The molecule has 0 fully saturated rings. The molecule has 0 heterocycles. The molecule has 0 aromatic carbocycles. The van der Waals surface area contributed by atoms with E-state index in [1.807, 2.05) is 0 Å². The third-order valence-electron chi connectivity index (χ3n) is 2.35. The molecule has 0 aliphatic rings. The fourth-order valence-electron chi connectivity index (χ4n) is 1.32. The van der Waals surface area contributed by atoms with Gasteiger partial charge in [0.15, 0.2) is 0 Å². The van der Waals surface area contributed by atoms with Gasteiger partial charge in [-0.15, -0.1) is 0 Å². The predicted molar refractivity (Wildman–Crippen MR) is 67.4 cm³/mol. The van der Waals surface area contributed by atoms with Crippen molar-refractivity contribution in [3.63, 3.8) is 0 Å². The maximum Gasteiger partial charge on any atom is 0.406 e. The van der Waals surface area contributed by atoms with Gasteiger partial charge in [0.25, 0.3) is 0 Å². The van der Waals surface area contributed by atoms with E-state index in [0.29, 0.717) is 0 Å². The minimum absolute atomic E-state index is 0.150. The Balaban J connectivity index is 4.48. The van der Waals surface area contributed by atoms with Crippen molar-refractivity contribution in [2.75, 3.05) is 19.6 Å². The van der Waals surface area contributed by atoms with Crippen LogP contribution in [0.25, 0.3) is 0 Å².